The molecule has 2 heterocycles. The number of ether oxygens (including phenoxy) is 2. The fraction of sp³-hybridized carbons (Fsp3) is 0.280. The van der Waals surface area contributed by atoms with Gasteiger partial charge in [0, 0.05) is 36.7 Å². The third kappa shape index (κ3) is 5.63. The molecule has 0 saturated carbocycles. The van der Waals surface area contributed by atoms with Crippen molar-refractivity contribution in [3.05, 3.63) is 77.6 Å². The molecule has 1 amide bonds. The lowest BCUT2D eigenvalue weighted by Gasteiger charge is -2.31. The maximum atomic E-state index is 13.1. The third-order valence-electron chi connectivity index (χ3n) is 5.66. The summed E-state index contributed by atoms with van der Waals surface area (Å²) in [5.41, 5.74) is 1.06. The van der Waals surface area contributed by atoms with Crippen molar-refractivity contribution in [1.29, 1.82) is 0 Å². The first kappa shape index (κ1) is 23.5. The SMILES string of the molecule is COc1ccc(NC(=O)C(OC(=O)C2CCN(c3ncccn3)CC2)c2ccccc2)cc1Cl. The van der Waals surface area contributed by atoms with Gasteiger partial charge in [-0.1, -0.05) is 41.9 Å². The topological polar surface area (TPSA) is 93.6 Å². The number of amides is 1. The Kier molecular flexibility index (Phi) is 7.59. The van der Waals surface area contributed by atoms with Crippen LogP contribution < -0.4 is 15.0 Å². The number of carbonyl (C=O) groups excluding carboxylic acids is 2. The molecule has 2 aromatic carbocycles. The van der Waals surface area contributed by atoms with Crippen LogP contribution in [0.15, 0.2) is 67.0 Å². The summed E-state index contributed by atoms with van der Waals surface area (Å²) in [6.07, 6.45) is 3.48. The van der Waals surface area contributed by atoms with Gasteiger partial charge >= 0.3 is 5.97 Å². The highest BCUT2D eigenvalue weighted by molar-refractivity contribution is 6.32. The van der Waals surface area contributed by atoms with E-state index in [1.165, 1.54) is 7.11 Å². The molecule has 0 spiro atoms. The van der Waals surface area contributed by atoms with E-state index in [0.29, 0.717) is 53.9 Å². The summed E-state index contributed by atoms with van der Waals surface area (Å²) < 4.78 is 10.9. The Morgan fingerprint density at radius 1 is 1.06 bits per heavy atom. The number of piperidine rings is 1. The second-order valence-electron chi connectivity index (χ2n) is 7.88. The van der Waals surface area contributed by atoms with Crippen LogP contribution >= 0.6 is 11.6 Å². The maximum absolute atomic E-state index is 13.1. The summed E-state index contributed by atoms with van der Waals surface area (Å²) in [6, 6.07) is 15.6. The number of nitrogens with zero attached hydrogens (tertiary/aromatic N) is 3. The van der Waals surface area contributed by atoms with Crippen LogP contribution in [-0.2, 0) is 14.3 Å². The van der Waals surface area contributed by atoms with E-state index in [4.69, 9.17) is 21.1 Å². The van der Waals surface area contributed by atoms with Crippen molar-refractivity contribution in [3.63, 3.8) is 0 Å². The molecule has 176 valence electrons. The third-order valence-corrected chi connectivity index (χ3v) is 5.95. The highest BCUT2D eigenvalue weighted by atomic mass is 35.5. The van der Waals surface area contributed by atoms with Gasteiger partial charge in [0.25, 0.3) is 5.91 Å². The number of hydrogen-bond acceptors (Lipinski definition) is 7. The summed E-state index contributed by atoms with van der Waals surface area (Å²) >= 11 is 6.18. The molecular weight excluding hydrogens is 456 g/mol. The van der Waals surface area contributed by atoms with E-state index < -0.39 is 18.0 Å². The van der Waals surface area contributed by atoms with E-state index >= 15 is 0 Å². The Balaban J connectivity index is 1.44. The lowest BCUT2D eigenvalue weighted by atomic mass is 9.97. The van der Waals surface area contributed by atoms with Gasteiger partial charge in [-0.15, -0.1) is 0 Å². The lowest BCUT2D eigenvalue weighted by Crippen LogP contribution is -2.38. The molecule has 1 fully saturated rings. The molecule has 1 aliphatic rings. The Hall–Kier alpha value is -3.65. The average Bonchev–Trinajstić information content (AvgIpc) is 2.88. The average molecular weight is 481 g/mol. The molecule has 1 unspecified atom stereocenters. The number of aromatic nitrogens is 2. The Morgan fingerprint density at radius 3 is 2.41 bits per heavy atom. The predicted molar refractivity (Wildman–Crippen MR) is 129 cm³/mol. The summed E-state index contributed by atoms with van der Waals surface area (Å²) in [7, 11) is 1.52. The van der Waals surface area contributed by atoms with E-state index in [1.54, 1.807) is 60.9 Å². The van der Waals surface area contributed by atoms with Crippen LogP contribution in [-0.4, -0.2) is 42.0 Å². The summed E-state index contributed by atoms with van der Waals surface area (Å²) in [5.74, 6) is -0.0253. The molecule has 1 atom stereocenters. The molecule has 1 aliphatic heterocycles. The minimum Gasteiger partial charge on any atom is -0.495 e. The second kappa shape index (κ2) is 11.0. The number of halogens is 1. The van der Waals surface area contributed by atoms with Gasteiger partial charge in [0.15, 0.2) is 0 Å². The molecule has 1 saturated heterocycles. The summed E-state index contributed by atoms with van der Waals surface area (Å²) in [4.78, 5) is 36.8. The summed E-state index contributed by atoms with van der Waals surface area (Å²) in [5, 5.41) is 3.15. The zero-order chi connectivity index (χ0) is 23.9. The van der Waals surface area contributed by atoms with Crippen LogP contribution in [0.3, 0.4) is 0 Å². The van der Waals surface area contributed by atoms with Crippen molar-refractivity contribution in [2.75, 3.05) is 30.4 Å². The largest absolute Gasteiger partial charge is 0.495 e. The molecule has 0 radical (unpaired) electrons. The standard InChI is InChI=1S/C25H25ClN4O4/c1-33-21-9-8-19(16-20(21)26)29-23(31)22(17-6-3-2-4-7-17)34-24(32)18-10-14-30(15-11-18)25-27-12-5-13-28-25/h2-9,12-13,16,18,22H,10-11,14-15H2,1H3,(H,29,31). The number of carbonyl (C=O) groups is 2. The Labute approximate surface area is 202 Å². The quantitative estimate of drug-likeness (QED) is 0.504. The second-order valence-corrected chi connectivity index (χ2v) is 8.28. The van der Waals surface area contributed by atoms with Crippen LogP contribution in [0.1, 0.15) is 24.5 Å². The number of esters is 1. The number of hydrogen-bond donors (Lipinski definition) is 1. The van der Waals surface area contributed by atoms with Gasteiger partial charge in [0.05, 0.1) is 18.1 Å². The van der Waals surface area contributed by atoms with Gasteiger partial charge in [-0.25, -0.2) is 9.97 Å². The molecule has 8 nitrogen and oxygen atoms in total. The van der Waals surface area contributed by atoms with Gasteiger partial charge < -0.3 is 19.7 Å². The zero-order valence-electron chi connectivity index (χ0n) is 18.7. The van der Waals surface area contributed by atoms with Crippen molar-refractivity contribution in [2.24, 2.45) is 5.92 Å². The first-order valence-corrected chi connectivity index (χ1v) is 11.3. The number of anilines is 2. The molecule has 1 aromatic heterocycles. The minimum absolute atomic E-state index is 0.311. The van der Waals surface area contributed by atoms with Crippen LogP contribution in [0.2, 0.25) is 5.02 Å². The fourth-order valence-corrected chi connectivity index (χ4v) is 4.09. The number of nitrogens with one attached hydrogen (secondary N) is 1. The Morgan fingerprint density at radius 2 is 1.76 bits per heavy atom. The van der Waals surface area contributed by atoms with Gasteiger partial charge in [-0.3, -0.25) is 9.59 Å². The van der Waals surface area contributed by atoms with Crippen LogP contribution in [0.25, 0.3) is 0 Å². The van der Waals surface area contributed by atoms with E-state index in [1.807, 2.05) is 11.0 Å². The Bertz CT molecular complexity index is 1120. The molecular formula is C25H25ClN4O4. The highest BCUT2D eigenvalue weighted by Gasteiger charge is 2.32. The van der Waals surface area contributed by atoms with Crippen molar-refractivity contribution < 1.29 is 19.1 Å². The van der Waals surface area contributed by atoms with Gasteiger partial charge in [0.1, 0.15) is 5.75 Å². The molecule has 0 aliphatic carbocycles. The fourth-order valence-electron chi connectivity index (χ4n) is 3.83. The first-order valence-electron chi connectivity index (χ1n) is 11.0. The number of rotatable bonds is 7. The molecule has 3 aromatic rings. The molecule has 0 bridgehead atoms. The van der Waals surface area contributed by atoms with Gasteiger partial charge in [-0.2, -0.15) is 0 Å². The van der Waals surface area contributed by atoms with Crippen molar-refractivity contribution in [2.45, 2.75) is 18.9 Å². The molecule has 1 N–H and O–H groups in total. The smallest absolute Gasteiger partial charge is 0.310 e. The van der Waals surface area contributed by atoms with E-state index in [2.05, 4.69) is 15.3 Å². The monoisotopic (exact) mass is 480 g/mol. The maximum Gasteiger partial charge on any atom is 0.310 e. The van der Waals surface area contributed by atoms with Crippen LogP contribution in [0.5, 0.6) is 5.75 Å². The van der Waals surface area contributed by atoms with Gasteiger partial charge in [-0.05, 0) is 37.1 Å². The van der Waals surface area contributed by atoms with Crippen LogP contribution in [0, 0.1) is 5.92 Å². The molecule has 9 heteroatoms. The lowest BCUT2D eigenvalue weighted by molar-refractivity contribution is -0.159. The molecule has 34 heavy (non-hydrogen) atoms. The zero-order valence-corrected chi connectivity index (χ0v) is 19.4. The van der Waals surface area contributed by atoms with Crippen LogP contribution in [0.4, 0.5) is 11.6 Å². The van der Waals surface area contributed by atoms with Gasteiger partial charge in [0.2, 0.25) is 12.1 Å². The van der Waals surface area contributed by atoms with Crippen molar-refractivity contribution >= 4 is 35.1 Å². The number of methoxy groups -OCH3 is 1. The first-order chi connectivity index (χ1) is 16.5. The highest BCUT2D eigenvalue weighted by Crippen LogP contribution is 2.29. The molecule has 4 rings (SSSR count). The van der Waals surface area contributed by atoms with E-state index in [0.717, 1.165) is 0 Å². The van der Waals surface area contributed by atoms with Crippen molar-refractivity contribution in [1.82, 2.24) is 9.97 Å². The summed E-state index contributed by atoms with van der Waals surface area (Å²) in [6.45, 7) is 1.27. The minimum atomic E-state index is -1.09. The normalized spacial score (nSPS) is 14.8. The predicted octanol–water partition coefficient (Wildman–Crippen LogP) is 4.28. The van der Waals surface area contributed by atoms with E-state index in [-0.39, 0.29) is 5.92 Å². The van der Waals surface area contributed by atoms with E-state index in [9.17, 15) is 9.59 Å². The van der Waals surface area contributed by atoms with Crippen molar-refractivity contribution in [3.8, 4) is 5.75 Å². The number of benzene rings is 2.